The number of nitriles is 1. The Bertz CT molecular complexity index is 757. The highest BCUT2D eigenvalue weighted by molar-refractivity contribution is 5.88. The van der Waals surface area contributed by atoms with Crippen LogP contribution in [0.1, 0.15) is 21.6 Å². The number of nitrogens with zero attached hydrogens (tertiary/aromatic N) is 4. The van der Waals surface area contributed by atoms with Crippen LogP contribution in [-0.4, -0.2) is 25.8 Å². The Morgan fingerprint density at radius 3 is 2.75 bits per heavy atom. The molecule has 20 heavy (non-hydrogen) atoms. The number of aromatic nitrogens is 2. The molecule has 0 amide bonds. The van der Waals surface area contributed by atoms with E-state index in [1.165, 1.54) is 36.0 Å². The number of aryl methyl sites for hydroxylation is 1. The lowest BCUT2D eigenvalue weighted by atomic mass is 10.2. The highest BCUT2D eigenvalue weighted by Crippen LogP contribution is 2.22. The van der Waals surface area contributed by atoms with Gasteiger partial charge in [0, 0.05) is 12.3 Å². The molecule has 1 heterocycles. The molecule has 0 radical (unpaired) electrons. The van der Waals surface area contributed by atoms with Crippen LogP contribution >= 0.6 is 0 Å². The highest BCUT2D eigenvalue weighted by Gasteiger charge is 2.17. The van der Waals surface area contributed by atoms with Crippen LogP contribution in [0.4, 0.5) is 5.69 Å². The summed E-state index contributed by atoms with van der Waals surface area (Å²) in [6.45, 7) is 1.53. The van der Waals surface area contributed by atoms with Gasteiger partial charge in [-0.05, 0) is 19.1 Å². The Kier molecular flexibility index (Phi) is 3.18. The SMILES string of the molecule is Cc1nn(-c2ccc(C#N)c([N+](=O)[O-])c2)cc1C(=O)O. The number of rotatable bonds is 3. The summed E-state index contributed by atoms with van der Waals surface area (Å²) in [6, 6.07) is 5.66. The van der Waals surface area contributed by atoms with E-state index < -0.39 is 10.9 Å². The second-order valence-corrected chi connectivity index (χ2v) is 3.95. The normalized spacial score (nSPS) is 10.0. The average Bonchev–Trinajstić information content (AvgIpc) is 2.80. The van der Waals surface area contributed by atoms with Gasteiger partial charge in [0.2, 0.25) is 0 Å². The van der Waals surface area contributed by atoms with Gasteiger partial charge >= 0.3 is 5.97 Å². The van der Waals surface area contributed by atoms with Gasteiger partial charge in [-0.2, -0.15) is 10.4 Å². The molecule has 1 aromatic carbocycles. The first kappa shape index (κ1) is 13.2. The molecule has 0 saturated heterocycles. The van der Waals surface area contributed by atoms with Crippen molar-refractivity contribution >= 4 is 11.7 Å². The molecule has 0 aliphatic heterocycles. The summed E-state index contributed by atoms with van der Waals surface area (Å²) in [5.74, 6) is -1.13. The summed E-state index contributed by atoms with van der Waals surface area (Å²) in [4.78, 5) is 21.1. The fourth-order valence-corrected chi connectivity index (χ4v) is 1.71. The fourth-order valence-electron chi connectivity index (χ4n) is 1.71. The van der Waals surface area contributed by atoms with Gasteiger partial charge in [0.05, 0.1) is 16.3 Å². The quantitative estimate of drug-likeness (QED) is 0.669. The van der Waals surface area contributed by atoms with Crippen LogP contribution in [0.2, 0.25) is 0 Å². The van der Waals surface area contributed by atoms with E-state index in [0.29, 0.717) is 11.4 Å². The molecule has 8 nitrogen and oxygen atoms in total. The summed E-state index contributed by atoms with van der Waals surface area (Å²) in [5.41, 5.74) is 0.198. The van der Waals surface area contributed by atoms with Crippen molar-refractivity contribution in [2.75, 3.05) is 0 Å². The summed E-state index contributed by atoms with van der Waals surface area (Å²) in [5, 5.41) is 32.6. The first-order valence-electron chi connectivity index (χ1n) is 5.42. The Labute approximate surface area is 112 Å². The largest absolute Gasteiger partial charge is 0.478 e. The molecule has 2 aromatic rings. The van der Waals surface area contributed by atoms with Crippen LogP contribution in [0.15, 0.2) is 24.4 Å². The lowest BCUT2D eigenvalue weighted by Gasteiger charge is -2.01. The zero-order chi connectivity index (χ0) is 14.9. The van der Waals surface area contributed by atoms with Crippen molar-refractivity contribution in [2.24, 2.45) is 0 Å². The summed E-state index contributed by atoms with van der Waals surface area (Å²) in [7, 11) is 0. The third kappa shape index (κ3) is 2.20. The first-order chi connectivity index (χ1) is 9.43. The number of nitro groups is 1. The molecule has 100 valence electrons. The lowest BCUT2D eigenvalue weighted by molar-refractivity contribution is -0.385. The zero-order valence-corrected chi connectivity index (χ0v) is 10.3. The molecule has 1 N–H and O–H groups in total. The zero-order valence-electron chi connectivity index (χ0n) is 10.3. The summed E-state index contributed by atoms with van der Waals surface area (Å²) >= 11 is 0. The van der Waals surface area contributed by atoms with Gasteiger partial charge in [0.25, 0.3) is 5.69 Å². The van der Waals surface area contributed by atoms with Crippen molar-refractivity contribution in [2.45, 2.75) is 6.92 Å². The van der Waals surface area contributed by atoms with Gasteiger partial charge in [0.15, 0.2) is 0 Å². The van der Waals surface area contributed by atoms with Gasteiger partial charge < -0.3 is 5.11 Å². The molecule has 0 aliphatic carbocycles. The Hall–Kier alpha value is -3.21. The van der Waals surface area contributed by atoms with Gasteiger partial charge in [0.1, 0.15) is 17.2 Å². The van der Waals surface area contributed by atoms with Crippen molar-refractivity contribution in [1.82, 2.24) is 9.78 Å². The van der Waals surface area contributed by atoms with E-state index in [9.17, 15) is 14.9 Å². The van der Waals surface area contributed by atoms with Gasteiger partial charge in [-0.15, -0.1) is 0 Å². The third-order valence-corrected chi connectivity index (χ3v) is 2.69. The maximum absolute atomic E-state index is 10.9. The van der Waals surface area contributed by atoms with E-state index in [2.05, 4.69) is 5.10 Å². The lowest BCUT2D eigenvalue weighted by Crippen LogP contribution is -1.99. The second-order valence-electron chi connectivity index (χ2n) is 3.95. The number of aromatic carboxylic acids is 1. The fraction of sp³-hybridized carbons (Fsp3) is 0.0833. The van der Waals surface area contributed by atoms with Crippen LogP contribution in [0.5, 0.6) is 0 Å². The highest BCUT2D eigenvalue weighted by atomic mass is 16.6. The van der Waals surface area contributed by atoms with E-state index in [1.807, 2.05) is 0 Å². The molecule has 0 aliphatic rings. The standard InChI is InChI=1S/C12H8N4O4/c1-7-10(12(17)18)6-15(14-7)9-3-2-8(5-13)11(4-9)16(19)20/h2-4,6H,1H3,(H,17,18). The van der Waals surface area contributed by atoms with Crippen LogP contribution in [0, 0.1) is 28.4 Å². The van der Waals surface area contributed by atoms with Gasteiger partial charge in [-0.1, -0.05) is 0 Å². The summed E-state index contributed by atoms with van der Waals surface area (Å²) in [6.07, 6.45) is 1.27. The maximum atomic E-state index is 10.9. The average molecular weight is 272 g/mol. The van der Waals surface area contributed by atoms with Gasteiger partial charge in [-0.3, -0.25) is 10.1 Å². The Morgan fingerprint density at radius 1 is 1.55 bits per heavy atom. The van der Waals surface area contributed by atoms with Crippen LogP contribution in [0.3, 0.4) is 0 Å². The van der Waals surface area contributed by atoms with E-state index in [0.717, 1.165) is 0 Å². The minimum absolute atomic E-state index is 0.0111. The van der Waals surface area contributed by atoms with E-state index in [-0.39, 0.29) is 16.8 Å². The van der Waals surface area contributed by atoms with E-state index in [1.54, 1.807) is 6.07 Å². The number of carboxylic acid groups (broad SMARTS) is 1. The smallest absolute Gasteiger partial charge is 0.339 e. The molecule has 0 unspecified atom stereocenters. The minimum Gasteiger partial charge on any atom is -0.478 e. The molecule has 1 aromatic heterocycles. The predicted molar refractivity (Wildman–Crippen MR) is 66.6 cm³/mol. The van der Waals surface area contributed by atoms with Gasteiger partial charge in [-0.25, -0.2) is 9.48 Å². The number of nitro benzene ring substituents is 1. The van der Waals surface area contributed by atoms with Crippen molar-refractivity contribution in [1.29, 1.82) is 5.26 Å². The van der Waals surface area contributed by atoms with Crippen molar-refractivity contribution < 1.29 is 14.8 Å². The van der Waals surface area contributed by atoms with Crippen molar-refractivity contribution in [3.05, 3.63) is 51.3 Å². The minimum atomic E-state index is -1.13. The van der Waals surface area contributed by atoms with Crippen molar-refractivity contribution in [3.63, 3.8) is 0 Å². The molecule has 0 saturated carbocycles. The second kappa shape index (κ2) is 4.81. The van der Waals surface area contributed by atoms with Crippen LogP contribution in [-0.2, 0) is 0 Å². The Balaban J connectivity index is 2.57. The van der Waals surface area contributed by atoms with Crippen LogP contribution < -0.4 is 0 Å². The number of benzene rings is 1. The molecule has 0 fully saturated rings. The summed E-state index contributed by atoms with van der Waals surface area (Å²) < 4.78 is 1.23. The number of hydrogen-bond acceptors (Lipinski definition) is 5. The topological polar surface area (TPSA) is 122 Å². The molecule has 0 spiro atoms. The van der Waals surface area contributed by atoms with E-state index >= 15 is 0 Å². The number of carbonyl (C=O) groups is 1. The monoisotopic (exact) mass is 272 g/mol. The maximum Gasteiger partial charge on any atom is 0.339 e. The Morgan fingerprint density at radius 2 is 2.25 bits per heavy atom. The van der Waals surface area contributed by atoms with Crippen molar-refractivity contribution in [3.8, 4) is 11.8 Å². The van der Waals surface area contributed by atoms with Crippen LogP contribution in [0.25, 0.3) is 5.69 Å². The number of carboxylic acids is 1. The molecular formula is C12H8N4O4. The predicted octanol–water partition coefficient (Wildman–Crippen LogP) is 1.66. The third-order valence-electron chi connectivity index (χ3n) is 2.69. The molecule has 8 heteroatoms. The molecule has 2 rings (SSSR count). The molecule has 0 atom stereocenters. The first-order valence-corrected chi connectivity index (χ1v) is 5.42. The van der Waals surface area contributed by atoms with E-state index in [4.69, 9.17) is 10.4 Å². The molecule has 0 bridgehead atoms. The number of hydrogen-bond donors (Lipinski definition) is 1. The molecular weight excluding hydrogens is 264 g/mol.